The molecule has 0 aromatic heterocycles. The Morgan fingerprint density at radius 2 is 1.24 bits per heavy atom. The lowest BCUT2D eigenvalue weighted by Gasteiger charge is -2.10. The summed E-state index contributed by atoms with van der Waals surface area (Å²) in [5, 5.41) is 33.0. The minimum Gasteiger partial charge on any atom is -0.279 e. The number of hydrogen-bond acceptors (Lipinski definition) is 10. The fraction of sp³-hybridized carbons (Fsp3) is 0.250. The fourth-order valence-electron chi connectivity index (χ4n) is 1.52. The van der Waals surface area contributed by atoms with Crippen LogP contribution in [0.4, 0.5) is 28.4 Å². The van der Waals surface area contributed by atoms with E-state index in [0.29, 0.717) is 6.07 Å². The second-order valence-corrected chi connectivity index (χ2v) is 3.40. The van der Waals surface area contributed by atoms with Crippen LogP contribution < -0.4 is 11.0 Å². The summed E-state index contributed by atoms with van der Waals surface area (Å²) in [7, 11) is 2.14. The van der Waals surface area contributed by atoms with Crippen molar-refractivity contribution in [3.05, 3.63) is 36.4 Å². The Morgan fingerprint density at radius 1 is 0.857 bits per heavy atom. The van der Waals surface area contributed by atoms with E-state index in [1.807, 2.05) is 11.0 Å². The van der Waals surface area contributed by atoms with Crippen LogP contribution in [0.1, 0.15) is 0 Å². The Labute approximate surface area is 115 Å². The number of rotatable bonds is 7. The molecule has 2 N–H and O–H groups in total. The first kappa shape index (κ1) is 16.0. The van der Waals surface area contributed by atoms with Crippen LogP contribution in [0.2, 0.25) is 0 Å². The van der Waals surface area contributed by atoms with Crippen molar-refractivity contribution < 1.29 is 24.4 Å². The van der Waals surface area contributed by atoms with Crippen LogP contribution in [0.5, 0.6) is 0 Å². The van der Waals surface area contributed by atoms with E-state index in [-0.39, 0.29) is 0 Å². The van der Waals surface area contributed by atoms with Crippen molar-refractivity contribution in [2.75, 3.05) is 25.2 Å². The second kappa shape index (κ2) is 6.40. The highest BCUT2D eigenvalue weighted by Crippen LogP contribution is 2.46. The van der Waals surface area contributed by atoms with Crippen LogP contribution in [0.3, 0.4) is 0 Å². The monoisotopic (exact) mass is 303 g/mol. The van der Waals surface area contributed by atoms with Gasteiger partial charge in [0.25, 0.3) is 0 Å². The first-order chi connectivity index (χ1) is 9.84. The lowest BCUT2D eigenvalue weighted by molar-refractivity contribution is -0.401. The third kappa shape index (κ3) is 3.10. The number of hydrogen-bond donors (Lipinski definition) is 2. The minimum absolute atomic E-state index is 0.551. The molecule has 0 saturated carbocycles. The summed E-state index contributed by atoms with van der Waals surface area (Å²) in [5.41, 5.74) is -0.110. The van der Waals surface area contributed by atoms with Gasteiger partial charge in [-0.2, -0.15) is 0 Å². The number of nitro benzene ring substituents is 3. The predicted octanol–water partition coefficient (Wildman–Crippen LogP) is 1.36. The molecular formula is C8H9N5O8. The van der Waals surface area contributed by atoms with Gasteiger partial charge < -0.3 is 0 Å². The van der Waals surface area contributed by atoms with Gasteiger partial charge in [-0.05, 0) is 0 Å². The number of anilines is 2. The third-order valence-electron chi connectivity index (χ3n) is 2.24. The first-order valence-electron chi connectivity index (χ1n) is 5.07. The van der Waals surface area contributed by atoms with E-state index in [0.717, 1.165) is 14.2 Å². The molecule has 0 atom stereocenters. The molecular weight excluding hydrogens is 294 g/mol. The van der Waals surface area contributed by atoms with Gasteiger partial charge in [-0.1, -0.05) is 0 Å². The van der Waals surface area contributed by atoms with E-state index < -0.39 is 43.2 Å². The molecule has 1 rings (SSSR count). The van der Waals surface area contributed by atoms with E-state index in [4.69, 9.17) is 0 Å². The standard InChI is InChI=1S/C8H9N5O8/c1-20-9-6-4(11(14)15)3-5(12(16)17)7(10-21-2)8(6)13(18)19/h3,9-10H,1-2H3. The van der Waals surface area contributed by atoms with E-state index in [2.05, 4.69) is 9.68 Å². The van der Waals surface area contributed by atoms with Gasteiger partial charge in [-0.3, -0.25) is 51.0 Å². The number of benzene rings is 1. The largest absolute Gasteiger partial charge is 0.334 e. The molecule has 0 unspecified atom stereocenters. The molecule has 0 bridgehead atoms. The molecule has 0 amide bonds. The van der Waals surface area contributed by atoms with Crippen molar-refractivity contribution in [2.24, 2.45) is 0 Å². The van der Waals surface area contributed by atoms with Crippen LogP contribution in [0.25, 0.3) is 0 Å². The smallest absolute Gasteiger partial charge is 0.279 e. The zero-order valence-electron chi connectivity index (χ0n) is 10.7. The van der Waals surface area contributed by atoms with Crippen LogP contribution in [-0.4, -0.2) is 29.0 Å². The van der Waals surface area contributed by atoms with Gasteiger partial charge in [0.2, 0.25) is 11.4 Å². The molecule has 13 heteroatoms. The predicted molar refractivity (Wildman–Crippen MR) is 67.7 cm³/mol. The Balaban J connectivity index is 3.83. The summed E-state index contributed by atoms with van der Waals surface area (Å²) < 4.78 is 0. The van der Waals surface area contributed by atoms with Crippen molar-refractivity contribution in [1.29, 1.82) is 0 Å². The fourth-order valence-corrected chi connectivity index (χ4v) is 1.52. The van der Waals surface area contributed by atoms with E-state index in [1.54, 1.807) is 0 Å². The van der Waals surface area contributed by atoms with Gasteiger partial charge in [-0.25, -0.2) is 0 Å². The van der Waals surface area contributed by atoms with Crippen LogP contribution in [0, 0.1) is 30.3 Å². The van der Waals surface area contributed by atoms with Crippen LogP contribution >= 0.6 is 0 Å². The molecule has 0 saturated heterocycles. The number of nitrogens with zero attached hydrogens (tertiary/aromatic N) is 3. The topological polar surface area (TPSA) is 172 Å². The number of nitro groups is 3. The van der Waals surface area contributed by atoms with E-state index >= 15 is 0 Å². The van der Waals surface area contributed by atoms with Crippen molar-refractivity contribution >= 4 is 28.4 Å². The first-order valence-corrected chi connectivity index (χ1v) is 5.07. The molecule has 1 aromatic rings. The molecule has 21 heavy (non-hydrogen) atoms. The summed E-state index contributed by atoms with van der Waals surface area (Å²) in [4.78, 5) is 38.8. The molecule has 0 spiro atoms. The Bertz CT molecular complexity index is 561. The maximum Gasteiger partial charge on any atom is 0.334 e. The highest BCUT2D eigenvalue weighted by molar-refractivity contribution is 5.89. The molecule has 0 aliphatic heterocycles. The highest BCUT2D eigenvalue weighted by atomic mass is 16.7. The van der Waals surface area contributed by atoms with Gasteiger partial charge in [-0.15, -0.1) is 0 Å². The van der Waals surface area contributed by atoms with Gasteiger partial charge in [0.05, 0.1) is 35.1 Å². The summed E-state index contributed by atoms with van der Waals surface area (Å²) in [6, 6.07) is 0.551. The minimum atomic E-state index is -1.04. The molecule has 114 valence electrons. The molecule has 0 fully saturated rings. The quantitative estimate of drug-likeness (QED) is 0.552. The van der Waals surface area contributed by atoms with Crippen LogP contribution in [0.15, 0.2) is 6.07 Å². The Kier molecular flexibility index (Phi) is 4.87. The number of nitrogens with one attached hydrogen (secondary N) is 2. The van der Waals surface area contributed by atoms with Crippen molar-refractivity contribution in [1.82, 2.24) is 0 Å². The zero-order chi connectivity index (χ0) is 16.2. The third-order valence-corrected chi connectivity index (χ3v) is 2.24. The lowest BCUT2D eigenvalue weighted by atomic mass is 10.1. The maximum absolute atomic E-state index is 11.1. The molecule has 0 heterocycles. The average molecular weight is 303 g/mol. The Hall–Kier alpha value is -3.06. The highest BCUT2D eigenvalue weighted by Gasteiger charge is 2.37. The van der Waals surface area contributed by atoms with E-state index in [9.17, 15) is 30.3 Å². The molecule has 13 nitrogen and oxygen atoms in total. The average Bonchev–Trinajstić information content (AvgIpc) is 2.38. The SMILES string of the molecule is CONc1c([N+](=O)[O-])cc([N+](=O)[O-])c(NOC)c1[N+](=O)[O-]. The molecule has 0 radical (unpaired) electrons. The molecule has 0 aliphatic rings. The van der Waals surface area contributed by atoms with Gasteiger partial charge in [0.1, 0.15) is 0 Å². The lowest BCUT2D eigenvalue weighted by Crippen LogP contribution is -2.10. The summed E-state index contributed by atoms with van der Waals surface area (Å²) in [6.45, 7) is 0. The van der Waals surface area contributed by atoms with E-state index in [1.165, 1.54) is 0 Å². The van der Waals surface area contributed by atoms with Crippen molar-refractivity contribution in [2.45, 2.75) is 0 Å². The normalized spacial score (nSPS) is 10.0. The second-order valence-electron chi connectivity index (χ2n) is 3.40. The molecule has 0 aliphatic carbocycles. The van der Waals surface area contributed by atoms with Gasteiger partial charge >= 0.3 is 17.1 Å². The van der Waals surface area contributed by atoms with Crippen molar-refractivity contribution in [3.63, 3.8) is 0 Å². The zero-order valence-corrected chi connectivity index (χ0v) is 10.7. The van der Waals surface area contributed by atoms with Crippen molar-refractivity contribution in [3.8, 4) is 0 Å². The van der Waals surface area contributed by atoms with Gasteiger partial charge in [0.15, 0.2) is 0 Å². The maximum atomic E-state index is 11.1. The summed E-state index contributed by atoms with van der Waals surface area (Å²) >= 11 is 0. The molecule has 1 aromatic carbocycles. The summed E-state index contributed by atoms with van der Waals surface area (Å²) in [5.74, 6) is 0. The van der Waals surface area contributed by atoms with Gasteiger partial charge in [0, 0.05) is 0 Å². The van der Waals surface area contributed by atoms with Crippen LogP contribution in [-0.2, 0) is 9.68 Å². The Morgan fingerprint density at radius 3 is 1.48 bits per heavy atom. The summed E-state index contributed by atoms with van der Waals surface area (Å²) in [6.07, 6.45) is 0.